The van der Waals surface area contributed by atoms with Gasteiger partial charge in [0, 0.05) is 38.0 Å². The maximum atomic E-state index is 12.7. The molecule has 1 amide bonds. The molecule has 5 nitrogen and oxygen atoms in total. The molecule has 2 aromatic rings. The molecule has 0 fully saturated rings. The van der Waals surface area contributed by atoms with Crippen LogP contribution in [0.5, 0.6) is 0 Å². The second-order valence-electron chi connectivity index (χ2n) is 7.36. The molecule has 0 bridgehead atoms. The molecule has 0 saturated carbocycles. The van der Waals surface area contributed by atoms with E-state index >= 15 is 0 Å². The molecule has 2 N–H and O–H groups in total. The molecule has 0 unspecified atom stereocenters. The van der Waals surface area contributed by atoms with Crippen LogP contribution in [0.15, 0.2) is 60.2 Å². The second kappa shape index (κ2) is 10.3. The number of hydrogen-bond acceptors (Lipinski definition) is 3. The molecule has 29 heavy (non-hydrogen) atoms. The van der Waals surface area contributed by atoms with Crippen molar-refractivity contribution in [3.05, 3.63) is 82.4 Å². The fourth-order valence-electron chi connectivity index (χ4n) is 2.75. The largest absolute Gasteiger partial charge is 0.478 e. The Bertz CT molecular complexity index is 922. The number of anilines is 1. The van der Waals surface area contributed by atoms with E-state index in [1.807, 2.05) is 69.2 Å². The summed E-state index contributed by atoms with van der Waals surface area (Å²) in [5, 5.41) is 11.8. The molecular weight excluding hydrogens is 364 g/mol. The zero-order chi connectivity index (χ0) is 21.4. The van der Waals surface area contributed by atoms with Crippen LogP contribution in [0.4, 0.5) is 5.69 Å². The normalized spacial score (nSPS) is 10.6. The number of rotatable bonds is 8. The Morgan fingerprint density at radius 2 is 1.72 bits per heavy atom. The lowest BCUT2D eigenvalue weighted by Gasteiger charge is -2.13. The summed E-state index contributed by atoms with van der Waals surface area (Å²) in [5.74, 6) is -1.21. The number of carboxylic acids is 1. The van der Waals surface area contributed by atoms with Gasteiger partial charge < -0.3 is 15.3 Å². The summed E-state index contributed by atoms with van der Waals surface area (Å²) in [5.41, 5.74) is 5.45. The number of hydrogen-bond donors (Lipinski definition) is 2. The average Bonchev–Trinajstić information content (AvgIpc) is 2.69. The number of carbonyl (C=O) groups excluding carboxylic acids is 1. The van der Waals surface area contributed by atoms with Crippen LogP contribution >= 0.6 is 0 Å². The molecule has 0 atom stereocenters. The molecule has 0 heterocycles. The van der Waals surface area contributed by atoms with E-state index in [4.69, 9.17) is 5.11 Å². The second-order valence-corrected chi connectivity index (χ2v) is 7.36. The van der Waals surface area contributed by atoms with Gasteiger partial charge in [0.1, 0.15) is 0 Å². The van der Waals surface area contributed by atoms with Crippen molar-refractivity contribution in [1.82, 2.24) is 5.32 Å². The third-order valence-corrected chi connectivity index (χ3v) is 4.35. The van der Waals surface area contributed by atoms with Crippen molar-refractivity contribution < 1.29 is 14.7 Å². The monoisotopic (exact) mass is 392 g/mol. The quantitative estimate of drug-likeness (QED) is 0.519. The van der Waals surface area contributed by atoms with Gasteiger partial charge in [-0.2, -0.15) is 0 Å². The summed E-state index contributed by atoms with van der Waals surface area (Å²) < 4.78 is 0. The number of nitrogens with zero attached hydrogens (tertiary/aromatic N) is 1. The van der Waals surface area contributed by atoms with Gasteiger partial charge in [0.05, 0.1) is 0 Å². The van der Waals surface area contributed by atoms with Crippen LogP contribution in [0.1, 0.15) is 40.9 Å². The highest BCUT2D eigenvalue weighted by atomic mass is 16.4. The first kappa shape index (κ1) is 22.0. The number of carbonyl (C=O) groups is 2. The van der Waals surface area contributed by atoms with Crippen LogP contribution in [0.2, 0.25) is 0 Å². The van der Waals surface area contributed by atoms with E-state index in [1.165, 1.54) is 11.6 Å². The van der Waals surface area contributed by atoms with Gasteiger partial charge in [0.15, 0.2) is 0 Å². The van der Waals surface area contributed by atoms with E-state index in [0.717, 1.165) is 22.9 Å². The first-order chi connectivity index (χ1) is 13.7. The van der Waals surface area contributed by atoms with Gasteiger partial charge in [0.25, 0.3) is 5.91 Å². The number of carboxylic acid groups (broad SMARTS) is 1. The van der Waals surface area contributed by atoms with Crippen molar-refractivity contribution in [2.24, 2.45) is 0 Å². The summed E-state index contributed by atoms with van der Waals surface area (Å²) in [6.07, 6.45) is 5.34. The van der Waals surface area contributed by atoms with Crippen LogP contribution in [0, 0.1) is 0 Å². The van der Waals surface area contributed by atoms with Crippen LogP contribution in [0.25, 0.3) is 6.08 Å². The Morgan fingerprint density at radius 1 is 1.03 bits per heavy atom. The fourth-order valence-corrected chi connectivity index (χ4v) is 2.75. The molecule has 0 aliphatic rings. The van der Waals surface area contributed by atoms with Gasteiger partial charge in [-0.15, -0.1) is 0 Å². The van der Waals surface area contributed by atoms with Gasteiger partial charge in [0.2, 0.25) is 0 Å². The highest BCUT2D eigenvalue weighted by Gasteiger charge is 2.09. The maximum absolute atomic E-state index is 12.7. The lowest BCUT2D eigenvalue weighted by Crippen LogP contribution is -2.23. The third-order valence-electron chi connectivity index (χ3n) is 4.35. The minimum Gasteiger partial charge on any atom is -0.478 e. The molecule has 152 valence electrons. The molecule has 0 saturated heterocycles. The Kier molecular flexibility index (Phi) is 7.78. The Balaban J connectivity index is 2.17. The zero-order valence-corrected chi connectivity index (χ0v) is 17.4. The van der Waals surface area contributed by atoms with Crippen molar-refractivity contribution in [3.63, 3.8) is 0 Å². The smallest absolute Gasteiger partial charge is 0.328 e. The van der Waals surface area contributed by atoms with Gasteiger partial charge >= 0.3 is 5.97 Å². The standard InChI is InChI=1S/C24H28N2O3/c1-17(2)5-6-19-13-20(9-12-23(27)28)15-21(14-19)24(29)25-16-18-7-10-22(11-8-18)26(3)4/h5,7-15H,6,16H2,1-4H3,(H,25,29)(H,27,28)/b12-9+. The summed E-state index contributed by atoms with van der Waals surface area (Å²) in [7, 11) is 3.96. The maximum Gasteiger partial charge on any atom is 0.328 e. The highest BCUT2D eigenvalue weighted by Crippen LogP contribution is 2.15. The lowest BCUT2D eigenvalue weighted by molar-refractivity contribution is -0.131. The van der Waals surface area contributed by atoms with Crippen molar-refractivity contribution in [2.75, 3.05) is 19.0 Å². The van der Waals surface area contributed by atoms with Gasteiger partial charge in [-0.05, 0) is 67.3 Å². The van der Waals surface area contributed by atoms with Crippen LogP contribution < -0.4 is 10.2 Å². The Labute approximate surface area is 172 Å². The minimum atomic E-state index is -1.02. The molecule has 0 aromatic heterocycles. The molecule has 0 radical (unpaired) electrons. The average molecular weight is 392 g/mol. The summed E-state index contributed by atoms with van der Waals surface area (Å²) in [4.78, 5) is 25.6. The molecule has 2 aromatic carbocycles. The summed E-state index contributed by atoms with van der Waals surface area (Å²) in [6.45, 7) is 4.46. The zero-order valence-electron chi connectivity index (χ0n) is 17.4. The SMILES string of the molecule is CC(C)=CCc1cc(/C=C/C(=O)O)cc(C(=O)NCc2ccc(N(C)C)cc2)c1. The molecule has 0 spiro atoms. The Morgan fingerprint density at radius 3 is 2.31 bits per heavy atom. The van der Waals surface area contributed by atoms with Gasteiger partial charge in [-0.3, -0.25) is 4.79 Å². The number of benzene rings is 2. The van der Waals surface area contributed by atoms with E-state index in [9.17, 15) is 9.59 Å². The number of aliphatic carboxylic acids is 1. The molecular formula is C24H28N2O3. The number of allylic oxidation sites excluding steroid dienone is 2. The topological polar surface area (TPSA) is 69.6 Å². The van der Waals surface area contributed by atoms with Crippen LogP contribution in [-0.2, 0) is 17.8 Å². The van der Waals surface area contributed by atoms with Crippen molar-refractivity contribution in [2.45, 2.75) is 26.8 Å². The lowest BCUT2D eigenvalue weighted by atomic mass is 10.0. The molecule has 0 aliphatic heterocycles. The third kappa shape index (κ3) is 7.30. The first-order valence-electron chi connectivity index (χ1n) is 9.47. The van der Waals surface area contributed by atoms with Crippen molar-refractivity contribution in [1.29, 1.82) is 0 Å². The molecule has 5 heteroatoms. The van der Waals surface area contributed by atoms with E-state index in [-0.39, 0.29) is 5.91 Å². The predicted octanol–water partition coefficient (Wildman–Crippen LogP) is 4.29. The van der Waals surface area contributed by atoms with Crippen LogP contribution in [-0.4, -0.2) is 31.1 Å². The summed E-state index contributed by atoms with van der Waals surface area (Å²) >= 11 is 0. The molecule has 0 aliphatic carbocycles. The van der Waals surface area contributed by atoms with Crippen molar-refractivity contribution in [3.8, 4) is 0 Å². The van der Waals surface area contributed by atoms with E-state index in [0.29, 0.717) is 24.1 Å². The van der Waals surface area contributed by atoms with E-state index in [1.54, 1.807) is 6.07 Å². The first-order valence-corrected chi connectivity index (χ1v) is 9.47. The molecule has 2 rings (SSSR count). The summed E-state index contributed by atoms with van der Waals surface area (Å²) in [6, 6.07) is 13.4. The van der Waals surface area contributed by atoms with Crippen molar-refractivity contribution >= 4 is 23.6 Å². The van der Waals surface area contributed by atoms with E-state index in [2.05, 4.69) is 11.4 Å². The Hall–Kier alpha value is -3.34. The fraction of sp³-hybridized carbons (Fsp3) is 0.250. The minimum absolute atomic E-state index is 0.189. The van der Waals surface area contributed by atoms with Gasteiger partial charge in [-0.25, -0.2) is 4.79 Å². The predicted molar refractivity (Wildman–Crippen MR) is 118 cm³/mol. The highest BCUT2D eigenvalue weighted by molar-refractivity contribution is 5.95. The van der Waals surface area contributed by atoms with Crippen LogP contribution in [0.3, 0.4) is 0 Å². The number of nitrogens with one attached hydrogen (secondary N) is 1. The van der Waals surface area contributed by atoms with E-state index < -0.39 is 5.97 Å². The number of amides is 1. The van der Waals surface area contributed by atoms with Gasteiger partial charge in [-0.1, -0.05) is 29.8 Å².